The Kier molecular flexibility index (Phi) is 13.2. The number of ether oxygens (including phenoxy) is 3. The van der Waals surface area contributed by atoms with E-state index in [0.29, 0.717) is 90.3 Å². The van der Waals surface area contributed by atoms with E-state index in [-0.39, 0.29) is 66.0 Å². The quantitative estimate of drug-likeness (QED) is 0.0773. The molecule has 5 aromatic rings. The first-order valence-corrected chi connectivity index (χ1v) is 23.5. The Bertz CT molecular complexity index is 2830. The van der Waals surface area contributed by atoms with Gasteiger partial charge >= 0.3 is 5.97 Å². The molecular formula is C51H53ClN6O9. The number of aliphatic hydroxyl groups is 1. The molecule has 1 saturated carbocycles. The topological polar surface area (TPSA) is 197 Å². The average Bonchev–Trinajstić information content (AvgIpc) is 3.70. The van der Waals surface area contributed by atoms with Gasteiger partial charge in [0.1, 0.15) is 29.9 Å². The van der Waals surface area contributed by atoms with Crippen molar-refractivity contribution in [2.45, 2.75) is 102 Å². The number of esters is 1. The van der Waals surface area contributed by atoms with Crippen LogP contribution in [0.4, 0.5) is 0 Å². The Labute approximate surface area is 392 Å². The van der Waals surface area contributed by atoms with E-state index in [2.05, 4.69) is 10.2 Å². The first-order valence-electron chi connectivity index (χ1n) is 23.1. The standard InChI is InChI=1S/C51H53ClN6O9/c1-2-51(64)41-26-44-47-33(28-58(44)49(62)40(41)30-66-50(51)63)24-38-39(45(59)18-17-43(38)55-47)29-56-19-21-57(22-20-56)46(60)6-4-3-5-23-65-35-12-7-31(8-13-35)48(61)54-34-10-15-36(16-11-34)67-37-14-9-32(27-53)42(52)25-37/h7-9,12-14,17-18,24-26,34,36,59,64H,2-6,10-11,15-16,19-23,28-30H2,1H3,(H,54,61)/t34-,36-,51-/m0/s1. The van der Waals surface area contributed by atoms with Gasteiger partial charge in [0, 0.05) is 78.9 Å². The highest BCUT2D eigenvalue weighted by Gasteiger charge is 2.45. The van der Waals surface area contributed by atoms with Gasteiger partial charge in [-0.2, -0.15) is 5.26 Å². The molecule has 2 fully saturated rings. The summed E-state index contributed by atoms with van der Waals surface area (Å²) in [7, 11) is 0. The Morgan fingerprint density at radius 2 is 1.73 bits per heavy atom. The highest BCUT2D eigenvalue weighted by atomic mass is 35.5. The molecule has 9 rings (SSSR count). The minimum absolute atomic E-state index is 0.0231. The number of rotatable bonds is 14. The van der Waals surface area contributed by atoms with Gasteiger partial charge < -0.3 is 39.2 Å². The third kappa shape index (κ3) is 9.43. The van der Waals surface area contributed by atoms with E-state index in [4.69, 9.17) is 36.1 Å². The number of piperazine rings is 1. The molecule has 3 aromatic carbocycles. The van der Waals surface area contributed by atoms with Crippen LogP contribution >= 0.6 is 11.6 Å². The van der Waals surface area contributed by atoms with Crippen molar-refractivity contribution in [2.24, 2.45) is 0 Å². The number of nitrogens with zero attached hydrogens (tertiary/aromatic N) is 5. The molecule has 2 aromatic heterocycles. The van der Waals surface area contributed by atoms with Crippen molar-refractivity contribution < 1.29 is 38.8 Å². The number of hydrogen-bond acceptors (Lipinski definition) is 12. The Morgan fingerprint density at radius 1 is 0.970 bits per heavy atom. The molecule has 16 heteroatoms. The molecule has 1 aliphatic carbocycles. The molecule has 348 valence electrons. The van der Waals surface area contributed by atoms with Crippen LogP contribution in [0.25, 0.3) is 22.3 Å². The van der Waals surface area contributed by atoms with Crippen molar-refractivity contribution in [1.82, 2.24) is 24.7 Å². The summed E-state index contributed by atoms with van der Waals surface area (Å²) in [6.45, 7) is 5.18. The van der Waals surface area contributed by atoms with Gasteiger partial charge in [0.15, 0.2) is 5.60 Å². The van der Waals surface area contributed by atoms with Crippen molar-refractivity contribution in [3.05, 3.63) is 115 Å². The smallest absolute Gasteiger partial charge is 0.343 e. The molecule has 0 spiro atoms. The zero-order valence-corrected chi connectivity index (χ0v) is 38.1. The molecule has 5 heterocycles. The summed E-state index contributed by atoms with van der Waals surface area (Å²) in [5.74, 6) is 0.711. The van der Waals surface area contributed by atoms with Crippen LogP contribution < -0.4 is 20.3 Å². The summed E-state index contributed by atoms with van der Waals surface area (Å²) in [5.41, 5.74) is 2.59. The Morgan fingerprint density at radius 3 is 2.46 bits per heavy atom. The average molecular weight is 929 g/mol. The number of fused-ring (bicyclic) bond motifs is 5. The highest BCUT2D eigenvalue weighted by Crippen LogP contribution is 2.40. The minimum atomic E-state index is -1.90. The van der Waals surface area contributed by atoms with Gasteiger partial charge in [-0.05, 0) is 112 Å². The Hall–Kier alpha value is -6.47. The SMILES string of the molecule is CC[C@@]1(O)C(=O)OCc2c1cc1n(c2=O)Cc2cc3c(CN4CCN(C(=O)CCCCCOc5ccc(C(=O)N[C@H]6CC[C@H](Oc7ccc(C#N)c(Cl)c7)CC6)cc5)CC4)c(O)ccc3nc2-1. The molecule has 1 saturated heterocycles. The van der Waals surface area contributed by atoms with Crippen LogP contribution in [0.2, 0.25) is 5.02 Å². The number of nitrogens with one attached hydrogen (secondary N) is 1. The predicted octanol–water partition coefficient (Wildman–Crippen LogP) is 6.71. The third-order valence-corrected chi connectivity index (χ3v) is 14.0. The summed E-state index contributed by atoms with van der Waals surface area (Å²) in [6.07, 6.45) is 6.13. The molecule has 3 N–H and O–H groups in total. The number of phenolic OH excluding ortho intramolecular Hbond substituents is 1. The molecular weight excluding hydrogens is 876 g/mol. The number of hydrogen-bond donors (Lipinski definition) is 3. The van der Waals surface area contributed by atoms with Crippen LogP contribution in [0.15, 0.2) is 71.5 Å². The first kappa shape index (κ1) is 45.7. The van der Waals surface area contributed by atoms with Gasteiger partial charge in [-0.25, -0.2) is 9.78 Å². The van der Waals surface area contributed by atoms with Gasteiger partial charge in [-0.15, -0.1) is 0 Å². The maximum Gasteiger partial charge on any atom is 0.343 e. The fourth-order valence-electron chi connectivity index (χ4n) is 9.70. The number of aromatic hydroxyl groups is 1. The van der Waals surface area contributed by atoms with Crippen LogP contribution in [-0.2, 0) is 39.6 Å². The van der Waals surface area contributed by atoms with Crippen LogP contribution in [-0.4, -0.2) is 92.3 Å². The number of halogens is 1. The van der Waals surface area contributed by atoms with E-state index >= 15 is 0 Å². The molecule has 0 radical (unpaired) electrons. The summed E-state index contributed by atoms with van der Waals surface area (Å²) < 4.78 is 18.8. The van der Waals surface area contributed by atoms with Gasteiger partial charge in [0.05, 0.1) is 52.3 Å². The minimum Gasteiger partial charge on any atom is -0.508 e. The van der Waals surface area contributed by atoms with Crippen LogP contribution in [0.3, 0.4) is 0 Å². The van der Waals surface area contributed by atoms with Gasteiger partial charge in [-0.1, -0.05) is 18.5 Å². The van der Waals surface area contributed by atoms with E-state index in [1.54, 1.807) is 72.2 Å². The summed E-state index contributed by atoms with van der Waals surface area (Å²) in [4.78, 5) is 61.4. The zero-order chi connectivity index (χ0) is 46.8. The van der Waals surface area contributed by atoms with Crippen molar-refractivity contribution >= 4 is 40.3 Å². The van der Waals surface area contributed by atoms with Crippen molar-refractivity contribution in [3.63, 3.8) is 0 Å². The van der Waals surface area contributed by atoms with E-state index in [1.165, 1.54) is 0 Å². The number of pyridine rings is 2. The molecule has 15 nitrogen and oxygen atoms in total. The summed E-state index contributed by atoms with van der Waals surface area (Å²) in [6, 6.07) is 21.4. The van der Waals surface area contributed by atoms with Gasteiger partial charge in [0.25, 0.3) is 11.5 Å². The lowest BCUT2D eigenvalue weighted by atomic mass is 9.86. The second-order valence-electron chi connectivity index (χ2n) is 17.9. The molecule has 67 heavy (non-hydrogen) atoms. The lowest BCUT2D eigenvalue weighted by Crippen LogP contribution is -2.48. The highest BCUT2D eigenvalue weighted by molar-refractivity contribution is 6.31. The monoisotopic (exact) mass is 928 g/mol. The zero-order valence-electron chi connectivity index (χ0n) is 37.4. The van der Waals surface area contributed by atoms with Crippen LogP contribution in [0, 0.1) is 11.3 Å². The normalized spacial score (nSPS) is 20.0. The number of carbonyl (C=O) groups is 3. The number of cyclic esters (lactones) is 1. The third-order valence-electron chi connectivity index (χ3n) is 13.7. The molecule has 4 aliphatic rings. The second kappa shape index (κ2) is 19.4. The number of carbonyl (C=O) groups excluding carboxylic acids is 3. The maximum atomic E-state index is 13.6. The van der Waals surface area contributed by atoms with Crippen LogP contribution in [0.5, 0.6) is 17.2 Å². The molecule has 0 unspecified atom stereocenters. The molecule has 1 atom stereocenters. The lowest BCUT2D eigenvalue weighted by molar-refractivity contribution is -0.172. The van der Waals surface area contributed by atoms with E-state index < -0.39 is 11.6 Å². The van der Waals surface area contributed by atoms with Crippen molar-refractivity contribution in [3.8, 4) is 34.7 Å². The summed E-state index contributed by atoms with van der Waals surface area (Å²) >= 11 is 6.15. The lowest BCUT2D eigenvalue weighted by Gasteiger charge is -2.35. The first-order chi connectivity index (χ1) is 32.4. The molecule has 0 bridgehead atoms. The number of benzene rings is 3. The van der Waals surface area contributed by atoms with Gasteiger partial charge in [-0.3, -0.25) is 19.3 Å². The number of phenols is 1. The van der Waals surface area contributed by atoms with E-state index in [0.717, 1.165) is 61.5 Å². The fourth-order valence-corrected chi connectivity index (χ4v) is 9.91. The predicted molar refractivity (Wildman–Crippen MR) is 249 cm³/mol. The van der Waals surface area contributed by atoms with E-state index in [9.17, 15) is 29.4 Å². The van der Waals surface area contributed by atoms with Crippen molar-refractivity contribution in [1.29, 1.82) is 5.26 Å². The van der Waals surface area contributed by atoms with Gasteiger partial charge in [0.2, 0.25) is 5.91 Å². The number of nitriles is 1. The maximum absolute atomic E-state index is 13.6. The largest absolute Gasteiger partial charge is 0.508 e. The van der Waals surface area contributed by atoms with E-state index in [1.807, 2.05) is 17.0 Å². The second-order valence-corrected chi connectivity index (χ2v) is 18.3. The number of aromatic nitrogens is 2. The van der Waals surface area contributed by atoms with Crippen molar-refractivity contribution in [2.75, 3.05) is 32.8 Å². The molecule has 2 amide bonds. The number of amides is 2. The number of unbranched alkanes of at least 4 members (excludes halogenated alkanes) is 2. The fraction of sp³-hybridized carbons (Fsp3) is 0.412. The molecule has 3 aliphatic heterocycles. The summed E-state index contributed by atoms with van der Waals surface area (Å²) in [5, 5.41) is 35.7. The van der Waals surface area contributed by atoms with Crippen LogP contribution in [0.1, 0.15) is 103 Å². The Balaban J connectivity index is 0.690.